The van der Waals surface area contributed by atoms with E-state index in [0.29, 0.717) is 6.54 Å². The molecule has 1 saturated heterocycles. The van der Waals surface area contributed by atoms with Crippen molar-refractivity contribution < 1.29 is 9.90 Å². The van der Waals surface area contributed by atoms with Crippen LogP contribution in [-0.2, 0) is 0 Å². The van der Waals surface area contributed by atoms with Gasteiger partial charge in [-0.25, -0.2) is 0 Å². The second-order valence-corrected chi connectivity index (χ2v) is 5.28. The number of hydrogen-bond acceptors (Lipinski definition) is 3. The van der Waals surface area contributed by atoms with Gasteiger partial charge in [0.25, 0.3) is 0 Å². The van der Waals surface area contributed by atoms with E-state index in [2.05, 4.69) is 4.90 Å². The summed E-state index contributed by atoms with van der Waals surface area (Å²) in [6.07, 6.45) is 0.491. The highest BCUT2D eigenvalue weighted by atomic mass is 16.3. The molecule has 1 aliphatic heterocycles. The second kappa shape index (κ2) is 5.21. The summed E-state index contributed by atoms with van der Waals surface area (Å²) in [5, 5.41) is 9.53. The number of aliphatic hydroxyl groups excluding tert-OH is 1. The number of aryl methyl sites for hydroxylation is 2. The number of carbonyl (C=O) groups is 1. The Morgan fingerprint density at radius 2 is 2.11 bits per heavy atom. The Labute approximate surface area is 108 Å². The number of benzene rings is 1. The van der Waals surface area contributed by atoms with Gasteiger partial charge in [-0.05, 0) is 44.4 Å². The molecule has 1 aliphatic rings. The molecule has 0 aliphatic carbocycles. The van der Waals surface area contributed by atoms with Crippen LogP contribution in [0.3, 0.4) is 0 Å². The molecule has 3 heteroatoms. The minimum atomic E-state index is -0.278. The number of aliphatic hydroxyl groups is 1. The molecule has 0 bridgehead atoms. The zero-order chi connectivity index (χ0) is 13.3. The number of rotatable bonds is 3. The van der Waals surface area contributed by atoms with Crippen molar-refractivity contribution in [1.29, 1.82) is 0 Å². The van der Waals surface area contributed by atoms with Crippen LogP contribution in [0.5, 0.6) is 0 Å². The van der Waals surface area contributed by atoms with Gasteiger partial charge in [0, 0.05) is 18.7 Å². The number of hydrogen-bond donors (Lipinski definition) is 1. The van der Waals surface area contributed by atoms with Crippen molar-refractivity contribution in [2.75, 3.05) is 13.1 Å². The SMILES string of the molecule is Cc1ccc(C(=O)C(C)N2CCC(O)C2)cc1C. The van der Waals surface area contributed by atoms with E-state index in [-0.39, 0.29) is 17.9 Å². The minimum absolute atomic E-state index is 0.146. The molecule has 1 heterocycles. The highest BCUT2D eigenvalue weighted by Crippen LogP contribution is 2.17. The summed E-state index contributed by atoms with van der Waals surface area (Å²) in [6, 6.07) is 5.70. The molecular formula is C15H21NO2. The van der Waals surface area contributed by atoms with Gasteiger partial charge in [-0.1, -0.05) is 12.1 Å². The summed E-state index contributed by atoms with van der Waals surface area (Å²) in [6.45, 7) is 7.41. The van der Waals surface area contributed by atoms with E-state index in [1.54, 1.807) is 0 Å². The Balaban J connectivity index is 2.12. The zero-order valence-corrected chi connectivity index (χ0v) is 11.3. The molecule has 0 radical (unpaired) electrons. The molecule has 3 nitrogen and oxygen atoms in total. The van der Waals surface area contributed by atoms with E-state index in [4.69, 9.17) is 0 Å². The lowest BCUT2D eigenvalue weighted by Crippen LogP contribution is -2.37. The average molecular weight is 247 g/mol. The molecule has 1 fully saturated rings. The first-order chi connectivity index (χ1) is 8.49. The third kappa shape index (κ3) is 2.62. The van der Waals surface area contributed by atoms with E-state index < -0.39 is 0 Å². The van der Waals surface area contributed by atoms with Crippen LogP contribution >= 0.6 is 0 Å². The van der Waals surface area contributed by atoms with E-state index >= 15 is 0 Å². The minimum Gasteiger partial charge on any atom is -0.392 e. The van der Waals surface area contributed by atoms with Crippen LogP contribution in [0.15, 0.2) is 18.2 Å². The molecule has 1 aromatic carbocycles. The van der Waals surface area contributed by atoms with Crippen LogP contribution < -0.4 is 0 Å². The van der Waals surface area contributed by atoms with Gasteiger partial charge in [-0.3, -0.25) is 9.69 Å². The maximum atomic E-state index is 12.4. The third-order valence-electron chi connectivity index (χ3n) is 3.91. The van der Waals surface area contributed by atoms with Crippen molar-refractivity contribution in [2.45, 2.75) is 39.3 Å². The maximum absolute atomic E-state index is 12.4. The molecule has 0 amide bonds. The van der Waals surface area contributed by atoms with E-state index in [9.17, 15) is 9.90 Å². The van der Waals surface area contributed by atoms with Crippen molar-refractivity contribution in [3.05, 3.63) is 34.9 Å². The highest BCUT2D eigenvalue weighted by Gasteiger charge is 2.28. The molecule has 0 aromatic heterocycles. The third-order valence-corrected chi connectivity index (χ3v) is 3.91. The number of nitrogens with zero attached hydrogens (tertiary/aromatic N) is 1. The van der Waals surface area contributed by atoms with Gasteiger partial charge in [-0.2, -0.15) is 0 Å². The van der Waals surface area contributed by atoms with E-state index in [0.717, 1.165) is 24.1 Å². The van der Waals surface area contributed by atoms with Crippen molar-refractivity contribution in [1.82, 2.24) is 4.90 Å². The molecule has 1 aromatic rings. The summed E-state index contributed by atoms with van der Waals surface area (Å²) in [4.78, 5) is 14.4. The smallest absolute Gasteiger partial charge is 0.179 e. The zero-order valence-electron chi connectivity index (χ0n) is 11.3. The summed E-state index contributed by atoms with van der Waals surface area (Å²) < 4.78 is 0. The largest absolute Gasteiger partial charge is 0.392 e. The van der Waals surface area contributed by atoms with Crippen molar-refractivity contribution in [2.24, 2.45) is 0 Å². The van der Waals surface area contributed by atoms with E-state index in [1.807, 2.05) is 39.0 Å². The lowest BCUT2D eigenvalue weighted by Gasteiger charge is -2.22. The first-order valence-electron chi connectivity index (χ1n) is 6.52. The van der Waals surface area contributed by atoms with Gasteiger partial charge in [0.15, 0.2) is 5.78 Å². The first-order valence-corrected chi connectivity index (χ1v) is 6.52. The van der Waals surface area contributed by atoms with Gasteiger partial charge >= 0.3 is 0 Å². The topological polar surface area (TPSA) is 40.5 Å². The quantitative estimate of drug-likeness (QED) is 0.830. The molecule has 0 spiro atoms. The Morgan fingerprint density at radius 3 is 2.67 bits per heavy atom. The normalized spacial score (nSPS) is 22.1. The fourth-order valence-electron chi connectivity index (χ4n) is 2.42. The summed E-state index contributed by atoms with van der Waals surface area (Å²) in [5.41, 5.74) is 3.12. The highest BCUT2D eigenvalue weighted by molar-refractivity contribution is 6.00. The Kier molecular flexibility index (Phi) is 3.83. The monoisotopic (exact) mass is 247 g/mol. The summed E-state index contributed by atoms with van der Waals surface area (Å²) in [7, 11) is 0. The van der Waals surface area contributed by atoms with Crippen molar-refractivity contribution >= 4 is 5.78 Å². The number of carbonyl (C=O) groups excluding carboxylic acids is 1. The fourth-order valence-corrected chi connectivity index (χ4v) is 2.42. The predicted molar refractivity (Wildman–Crippen MR) is 71.9 cm³/mol. The van der Waals surface area contributed by atoms with Crippen LogP contribution in [0.1, 0.15) is 34.8 Å². The van der Waals surface area contributed by atoms with Gasteiger partial charge in [-0.15, -0.1) is 0 Å². The molecule has 2 unspecified atom stereocenters. The van der Waals surface area contributed by atoms with Crippen molar-refractivity contribution in [3.8, 4) is 0 Å². The lowest BCUT2D eigenvalue weighted by molar-refractivity contribution is 0.0847. The van der Waals surface area contributed by atoms with Crippen LogP contribution in [0.4, 0.5) is 0 Å². The molecule has 0 saturated carbocycles. The average Bonchev–Trinajstić information content (AvgIpc) is 2.77. The summed E-state index contributed by atoms with van der Waals surface area (Å²) >= 11 is 0. The number of likely N-dealkylation sites (tertiary alicyclic amines) is 1. The second-order valence-electron chi connectivity index (χ2n) is 5.28. The molecule has 1 N–H and O–H groups in total. The molecular weight excluding hydrogens is 226 g/mol. The van der Waals surface area contributed by atoms with Crippen LogP contribution in [0.25, 0.3) is 0 Å². The maximum Gasteiger partial charge on any atom is 0.179 e. The molecule has 2 atom stereocenters. The molecule has 2 rings (SSSR count). The Morgan fingerprint density at radius 1 is 1.39 bits per heavy atom. The Bertz CT molecular complexity index is 456. The Hall–Kier alpha value is -1.19. The lowest BCUT2D eigenvalue weighted by atomic mass is 10.00. The number of Topliss-reactive ketones (excluding diaryl/α,β-unsaturated/α-hetero) is 1. The number of ketones is 1. The van der Waals surface area contributed by atoms with Crippen LogP contribution in [-0.4, -0.2) is 41.0 Å². The first kappa shape index (κ1) is 13.2. The van der Waals surface area contributed by atoms with Gasteiger partial charge in [0.1, 0.15) is 0 Å². The predicted octanol–water partition coefficient (Wildman–Crippen LogP) is 1.94. The van der Waals surface area contributed by atoms with Gasteiger partial charge in [0.2, 0.25) is 0 Å². The fraction of sp³-hybridized carbons (Fsp3) is 0.533. The van der Waals surface area contributed by atoms with Crippen molar-refractivity contribution in [3.63, 3.8) is 0 Å². The molecule has 18 heavy (non-hydrogen) atoms. The van der Waals surface area contributed by atoms with Gasteiger partial charge < -0.3 is 5.11 Å². The summed E-state index contributed by atoms with van der Waals surface area (Å²) in [5.74, 6) is 0.146. The van der Waals surface area contributed by atoms with Crippen LogP contribution in [0.2, 0.25) is 0 Å². The number of β-amino-alcohol motifs (C(OH)–C–C–N with tert-alkyl or cyclic N) is 1. The molecule has 98 valence electrons. The standard InChI is InChI=1S/C15H21NO2/c1-10-4-5-13(8-11(10)2)15(18)12(3)16-7-6-14(17)9-16/h4-5,8,12,14,17H,6-7,9H2,1-3H3. The van der Waals surface area contributed by atoms with Gasteiger partial charge in [0.05, 0.1) is 12.1 Å². The van der Waals surface area contributed by atoms with E-state index in [1.165, 1.54) is 5.56 Å². The van der Waals surface area contributed by atoms with Crippen LogP contribution in [0, 0.1) is 13.8 Å².